The first-order chi connectivity index (χ1) is 18.0. The SMILES string of the molecule is CCCCOc1ccc([C@H]2[C@H]3C(=O)N(c4ccc(C)cc4)C(=O)[C@H]3ON2c2ccccc2)cc1OCC. The lowest BCUT2D eigenvalue weighted by molar-refractivity contribution is -0.126. The first-order valence-electron chi connectivity index (χ1n) is 12.9. The third-order valence-corrected chi connectivity index (χ3v) is 6.78. The first kappa shape index (κ1) is 24.8. The number of aryl methyl sites for hydroxylation is 1. The number of ether oxygens (including phenoxy) is 2. The van der Waals surface area contributed by atoms with E-state index in [-0.39, 0.29) is 11.8 Å². The summed E-state index contributed by atoms with van der Waals surface area (Å²) in [5, 5.41) is 1.69. The lowest BCUT2D eigenvalue weighted by Gasteiger charge is -2.29. The van der Waals surface area contributed by atoms with Crippen molar-refractivity contribution in [3.8, 4) is 11.5 Å². The van der Waals surface area contributed by atoms with Gasteiger partial charge in [-0.1, -0.05) is 55.3 Å². The molecule has 7 nitrogen and oxygen atoms in total. The first-order valence-corrected chi connectivity index (χ1v) is 12.9. The van der Waals surface area contributed by atoms with Crippen LogP contribution in [0.4, 0.5) is 11.4 Å². The van der Waals surface area contributed by atoms with Crippen LogP contribution in [-0.2, 0) is 14.4 Å². The lowest BCUT2D eigenvalue weighted by atomic mass is 9.90. The number of carbonyl (C=O) groups excluding carboxylic acids is 2. The second kappa shape index (κ2) is 10.6. The number of rotatable bonds is 9. The molecule has 0 unspecified atom stereocenters. The minimum absolute atomic E-state index is 0.275. The number of carbonyl (C=O) groups is 2. The van der Waals surface area contributed by atoms with Crippen molar-refractivity contribution in [3.05, 3.63) is 83.9 Å². The summed E-state index contributed by atoms with van der Waals surface area (Å²) in [5.41, 5.74) is 3.19. The van der Waals surface area contributed by atoms with Crippen molar-refractivity contribution in [1.29, 1.82) is 0 Å². The molecular formula is C30H32N2O5. The van der Waals surface area contributed by atoms with Crippen LogP contribution in [0.2, 0.25) is 0 Å². The van der Waals surface area contributed by atoms with Gasteiger partial charge in [-0.3, -0.25) is 14.4 Å². The van der Waals surface area contributed by atoms with E-state index < -0.39 is 18.1 Å². The van der Waals surface area contributed by atoms with E-state index in [4.69, 9.17) is 14.3 Å². The van der Waals surface area contributed by atoms with Gasteiger partial charge in [-0.05, 0) is 62.2 Å². The molecule has 0 bridgehead atoms. The van der Waals surface area contributed by atoms with Crippen LogP contribution in [0.5, 0.6) is 11.5 Å². The second-order valence-corrected chi connectivity index (χ2v) is 9.35. The van der Waals surface area contributed by atoms with Gasteiger partial charge in [0.05, 0.1) is 30.6 Å². The summed E-state index contributed by atoms with van der Waals surface area (Å²) in [5.74, 6) is -0.0682. The van der Waals surface area contributed by atoms with Crippen molar-refractivity contribution in [2.24, 2.45) is 5.92 Å². The fraction of sp³-hybridized carbons (Fsp3) is 0.333. The molecule has 2 aliphatic rings. The molecule has 2 fully saturated rings. The van der Waals surface area contributed by atoms with Crippen LogP contribution in [0.25, 0.3) is 0 Å². The van der Waals surface area contributed by atoms with E-state index in [0.717, 1.165) is 29.7 Å². The van der Waals surface area contributed by atoms with Gasteiger partial charge in [0.15, 0.2) is 17.6 Å². The monoisotopic (exact) mass is 500 g/mol. The zero-order valence-corrected chi connectivity index (χ0v) is 21.4. The Bertz CT molecular complexity index is 1260. The van der Waals surface area contributed by atoms with E-state index in [0.29, 0.717) is 30.4 Å². The minimum Gasteiger partial charge on any atom is -0.490 e. The highest BCUT2D eigenvalue weighted by molar-refractivity contribution is 6.23. The van der Waals surface area contributed by atoms with E-state index in [9.17, 15) is 9.59 Å². The van der Waals surface area contributed by atoms with Gasteiger partial charge in [0.2, 0.25) is 5.91 Å². The Kier molecular flexibility index (Phi) is 7.15. The number of fused-ring (bicyclic) bond motifs is 1. The minimum atomic E-state index is -0.921. The smallest absolute Gasteiger partial charge is 0.266 e. The van der Waals surface area contributed by atoms with Gasteiger partial charge in [-0.2, -0.15) is 0 Å². The van der Waals surface area contributed by atoms with Crippen LogP contribution in [-0.4, -0.2) is 31.1 Å². The van der Waals surface area contributed by atoms with E-state index in [1.807, 2.05) is 74.5 Å². The van der Waals surface area contributed by atoms with Gasteiger partial charge in [0.1, 0.15) is 5.92 Å². The summed E-state index contributed by atoms with van der Waals surface area (Å²) in [6.45, 7) is 7.08. The molecule has 3 aromatic rings. The maximum Gasteiger partial charge on any atom is 0.266 e. The number of imide groups is 1. The molecule has 5 rings (SSSR count). The zero-order chi connectivity index (χ0) is 25.9. The highest BCUT2D eigenvalue weighted by Gasteiger charge is 2.60. The largest absolute Gasteiger partial charge is 0.490 e. The summed E-state index contributed by atoms with van der Waals surface area (Å²) in [7, 11) is 0. The van der Waals surface area contributed by atoms with Crippen molar-refractivity contribution in [1.82, 2.24) is 0 Å². The van der Waals surface area contributed by atoms with E-state index in [1.165, 1.54) is 4.90 Å². The molecule has 0 N–H and O–H groups in total. The maximum absolute atomic E-state index is 13.8. The van der Waals surface area contributed by atoms with Crippen molar-refractivity contribution < 1.29 is 23.9 Å². The number of amides is 2. The van der Waals surface area contributed by atoms with Gasteiger partial charge in [-0.25, -0.2) is 9.96 Å². The lowest BCUT2D eigenvalue weighted by Crippen LogP contribution is -2.37. The van der Waals surface area contributed by atoms with Crippen LogP contribution < -0.4 is 19.4 Å². The number of hydrogen-bond acceptors (Lipinski definition) is 6. The molecule has 3 atom stereocenters. The fourth-order valence-corrected chi connectivity index (χ4v) is 4.92. The maximum atomic E-state index is 13.8. The molecule has 0 radical (unpaired) electrons. The molecule has 0 aromatic heterocycles. The molecule has 0 spiro atoms. The molecule has 2 heterocycles. The Morgan fingerprint density at radius 1 is 0.838 bits per heavy atom. The predicted molar refractivity (Wildman–Crippen MR) is 142 cm³/mol. The normalized spacial score (nSPS) is 20.9. The average Bonchev–Trinajstić information content (AvgIpc) is 3.42. The molecule has 192 valence electrons. The number of para-hydroxylation sites is 1. The quantitative estimate of drug-likeness (QED) is 0.280. The van der Waals surface area contributed by atoms with Crippen LogP contribution in [0.1, 0.15) is 43.9 Å². The molecule has 37 heavy (non-hydrogen) atoms. The van der Waals surface area contributed by atoms with Gasteiger partial charge in [0.25, 0.3) is 5.91 Å². The topological polar surface area (TPSA) is 68.3 Å². The van der Waals surface area contributed by atoms with Crippen LogP contribution >= 0.6 is 0 Å². The summed E-state index contributed by atoms with van der Waals surface area (Å²) in [6.07, 6.45) is 1.06. The van der Waals surface area contributed by atoms with Crippen LogP contribution in [0.3, 0.4) is 0 Å². The standard InChI is InChI=1S/C30H32N2O5/c1-4-6-18-36-24-17-14-21(19-25(24)35-5-2)27-26-28(37-32(27)23-10-8-7-9-11-23)30(34)31(29(26)33)22-15-12-20(3)13-16-22/h7-17,19,26-28H,4-6,18H2,1-3H3/t26-,27+,28+/m1/s1. The Hall–Kier alpha value is -3.84. The van der Waals surface area contributed by atoms with Crippen LogP contribution in [0.15, 0.2) is 72.8 Å². The number of anilines is 2. The number of unbranched alkanes of at least 4 members (excludes halogenated alkanes) is 1. The Morgan fingerprint density at radius 2 is 1.59 bits per heavy atom. The molecule has 7 heteroatoms. The molecule has 2 aliphatic heterocycles. The summed E-state index contributed by atoms with van der Waals surface area (Å²) >= 11 is 0. The molecule has 0 aliphatic carbocycles. The van der Waals surface area contributed by atoms with E-state index >= 15 is 0 Å². The fourth-order valence-electron chi connectivity index (χ4n) is 4.92. The average molecular weight is 501 g/mol. The van der Waals surface area contributed by atoms with Gasteiger partial charge in [-0.15, -0.1) is 0 Å². The van der Waals surface area contributed by atoms with Crippen molar-refractivity contribution in [2.45, 2.75) is 45.8 Å². The van der Waals surface area contributed by atoms with Crippen LogP contribution in [0, 0.1) is 12.8 Å². The summed E-state index contributed by atoms with van der Waals surface area (Å²) < 4.78 is 11.9. The highest BCUT2D eigenvalue weighted by atomic mass is 16.7. The van der Waals surface area contributed by atoms with Crippen molar-refractivity contribution in [2.75, 3.05) is 23.2 Å². The Morgan fingerprint density at radius 3 is 2.30 bits per heavy atom. The molecule has 0 saturated carbocycles. The molecule has 2 amide bonds. The Balaban J connectivity index is 1.55. The molecular weight excluding hydrogens is 468 g/mol. The van der Waals surface area contributed by atoms with Gasteiger partial charge >= 0.3 is 0 Å². The number of hydrogen-bond donors (Lipinski definition) is 0. The van der Waals surface area contributed by atoms with E-state index in [1.54, 1.807) is 17.2 Å². The van der Waals surface area contributed by atoms with E-state index in [2.05, 4.69) is 6.92 Å². The summed E-state index contributed by atoms with van der Waals surface area (Å²) in [6, 6.07) is 22.1. The Labute approximate surface area is 217 Å². The second-order valence-electron chi connectivity index (χ2n) is 9.35. The third-order valence-electron chi connectivity index (χ3n) is 6.78. The van der Waals surface area contributed by atoms with Crippen molar-refractivity contribution >= 4 is 23.2 Å². The van der Waals surface area contributed by atoms with Gasteiger partial charge in [0, 0.05) is 0 Å². The number of nitrogens with zero attached hydrogens (tertiary/aromatic N) is 2. The molecule has 2 saturated heterocycles. The molecule has 3 aromatic carbocycles. The number of hydroxylamine groups is 1. The van der Waals surface area contributed by atoms with Gasteiger partial charge < -0.3 is 9.47 Å². The highest BCUT2D eigenvalue weighted by Crippen LogP contribution is 2.48. The third kappa shape index (κ3) is 4.67. The van der Waals surface area contributed by atoms with Crippen molar-refractivity contribution in [3.63, 3.8) is 0 Å². The summed E-state index contributed by atoms with van der Waals surface area (Å²) in [4.78, 5) is 34.9. The predicted octanol–water partition coefficient (Wildman–Crippen LogP) is 5.62. The zero-order valence-electron chi connectivity index (χ0n) is 21.4. The number of benzene rings is 3.